The van der Waals surface area contributed by atoms with Crippen LogP contribution in [-0.4, -0.2) is 35.8 Å². The third-order valence-electron chi connectivity index (χ3n) is 6.51. The average Bonchev–Trinajstić information content (AvgIpc) is 3.37. The van der Waals surface area contributed by atoms with Gasteiger partial charge in [0.25, 0.3) is 0 Å². The van der Waals surface area contributed by atoms with Gasteiger partial charge < -0.3 is 4.74 Å². The lowest BCUT2D eigenvalue weighted by Gasteiger charge is -2.26. The maximum absolute atomic E-state index is 12.7. The lowest BCUT2D eigenvalue weighted by molar-refractivity contribution is -0.157. The number of benzene rings is 1. The van der Waals surface area contributed by atoms with Crippen molar-refractivity contribution in [3.63, 3.8) is 0 Å². The molecule has 0 spiro atoms. The molecule has 0 aromatic heterocycles. The normalized spacial score (nSPS) is 28.7. The molecule has 0 N–H and O–H groups in total. The van der Waals surface area contributed by atoms with Crippen LogP contribution in [0.15, 0.2) is 42.5 Å². The molecule has 2 amide bonds. The molecule has 2 bridgehead atoms. The van der Waals surface area contributed by atoms with Crippen LogP contribution in [0.5, 0.6) is 0 Å². The quantitative estimate of drug-likeness (QED) is 0.268. The number of ether oxygens (including phenoxy) is 1. The van der Waals surface area contributed by atoms with Gasteiger partial charge in [-0.25, -0.2) is 0 Å². The molecule has 5 atom stereocenters. The molecule has 1 saturated carbocycles. The highest BCUT2D eigenvalue weighted by atomic mass is 79.9. The summed E-state index contributed by atoms with van der Waals surface area (Å²) >= 11 is 3.66. The zero-order chi connectivity index (χ0) is 20.8. The summed E-state index contributed by atoms with van der Waals surface area (Å²) in [6.45, 7) is 3.89. The van der Waals surface area contributed by atoms with Gasteiger partial charge in [-0.2, -0.15) is 0 Å². The van der Waals surface area contributed by atoms with Crippen LogP contribution in [-0.2, 0) is 19.1 Å². The van der Waals surface area contributed by atoms with E-state index in [1.54, 1.807) is 0 Å². The molecule has 0 radical (unpaired) electrons. The molecule has 6 heteroatoms. The molecule has 4 rings (SSSR count). The number of halogens is 1. The van der Waals surface area contributed by atoms with Gasteiger partial charge in [0.2, 0.25) is 11.8 Å². The van der Waals surface area contributed by atoms with Crippen molar-refractivity contribution in [1.82, 2.24) is 4.90 Å². The number of hydrogen-bond acceptors (Lipinski definition) is 4. The van der Waals surface area contributed by atoms with Crippen LogP contribution in [0.4, 0.5) is 0 Å². The van der Waals surface area contributed by atoms with Crippen molar-refractivity contribution in [3.8, 4) is 0 Å². The van der Waals surface area contributed by atoms with Crippen LogP contribution >= 0.6 is 15.9 Å². The summed E-state index contributed by atoms with van der Waals surface area (Å²) in [5.41, 5.74) is 0.416. The predicted octanol–water partition coefficient (Wildman–Crippen LogP) is 3.89. The number of carbonyl (C=O) groups excluding carboxylic acids is 3. The number of alkyl halides is 1. The minimum absolute atomic E-state index is 0.0373. The molecule has 1 aliphatic heterocycles. The van der Waals surface area contributed by atoms with E-state index in [-0.39, 0.29) is 59.4 Å². The maximum atomic E-state index is 12.7. The van der Waals surface area contributed by atoms with E-state index in [1.807, 2.05) is 44.2 Å². The van der Waals surface area contributed by atoms with E-state index in [1.165, 1.54) is 4.90 Å². The highest BCUT2D eigenvalue weighted by Crippen LogP contribution is 2.52. The van der Waals surface area contributed by atoms with E-state index in [0.29, 0.717) is 6.42 Å². The number of esters is 1. The second-order valence-corrected chi connectivity index (χ2v) is 10.0. The summed E-state index contributed by atoms with van der Waals surface area (Å²) in [6, 6.07) is 9.93. The number of hydrogen-bond donors (Lipinski definition) is 0. The van der Waals surface area contributed by atoms with Crippen molar-refractivity contribution in [2.24, 2.45) is 29.1 Å². The Morgan fingerprint density at radius 3 is 2.31 bits per heavy atom. The van der Waals surface area contributed by atoms with Crippen LogP contribution in [0, 0.1) is 29.1 Å². The fourth-order valence-corrected chi connectivity index (χ4v) is 6.04. The number of carbonyl (C=O) groups is 3. The van der Waals surface area contributed by atoms with Crippen LogP contribution in [0.25, 0.3) is 0 Å². The van der Waals surface area contributed by atoms with E-state index in [9.17, 15) is 14.4 Å². The maximum Gasteiger partial charge on any atom is 0.311 e. The Morgan fingerprint density at radius 1 is 1.14 bits per heavy atom. The van der Waals surface area contributed by atoms with Crippen LogP contribution in [0.3, 0.4) is 0 Å². The van der Waals surface area contributed by atoms with Crippen molar-refractivity contribution < 1.29 is 19.1 Å². The van der Waals surface area contributed by atoms with Gasteiger partial charge >= 0.3 is 5.97 Å². The van der Waals surface area contributed by atoms with Crippen LogP contribution in [0.1, 0.15) is 37.1 Å². The minimum Gasteiger partial charge on any atom is -0.463 e. The summed E-state index contributed by atoms with van der Waals surface area (Å²) in [4.78, 5) is 39.4. The van der Waals surface area contributed by atoms with E-state index >= 15 is 0 Å². The molecular formula is C23H26BrNO4. The molecule has 5 nitrogen and oxygen atoms in total. The number of imide groups is 1. The standard InChI is InChI=1S/C23H26BrNO4/c1-23(2,13-17(24)14-6-4-3-5-7-14)22(28)29-11-10-25-20(26)18-15-8-9-16(12-15)19(18)21(25)27/h3-9,15-19H,10-13H2,1-2H3/t15?,16?,17?,18-,19+. The molecule has 3 unspecified atom stereocenters. The molecule has 1 heterocycles. The van der Waals surface area contributed by atoms with Gasteiger partial charge in [0.1, 0.15) is 6.61 Å². The van der Waals surface area contributed by atoms with Crippen molar-refractivity contribution in [2.75, 3.05) is 13.2 Å². The zero-order valence-electron chi connectivity index (χ0n) is 16.7. The Labute approximate surface area is 179 Å². The SMILES string of the molecule is CC(C)(CC(Br)c1ccccc1)C(=O)OCCN1C(=O)[C@@H]2C3C=CC(C3)[C@@H]2C1=O. The van der Waals surface area contributed by atoms with Crippen molar-refractivity contribution in [1.29, 1.82) is 0 Å². The number of likely N-dealkylation sites (tertiary alicyclic amines) is 1. The smallest absolute Gasteiger partial charge is 0.311 e. The fraction of sp³-hybridized carbons (Fsp3) is 0.522. The largest absolute Gasteiger partial charge is 0.463 e. The van der Waals surface area contributed by atoms with Gasteiger partial charge in [-0.05, 0) is 44.1 Å². The second-order valence-electron chi connectivity index (χ2n) is 8.93. The first kappa shape index (κ1) is 20.3. The molecule has 154 valence electrons. The minimum atomic E-state index is -0.692. The Balaban J connectivity index is 1.30. The number of fused-ring (bicyclic) bond motifs is 5. The Morgan fingerprint density at radius 2 is 1.72 bits per heavy atom. The first-order valence-corrected chi connectivity index (χ1v) is 11.1. The summed E-state index contributed by atoms with van der Waals surface area (Å²) in [5, 5.41) is 0. The van der Waals surface area contributed by atoms with Crippen molar-refractivity contribution in [3.05, 3.63) is 48.0 Å². The lowest BCUT2D eigenvalue weighted by Crippen LogP contribution is -2.37. The van der Waals surface area contributed by atoms with E-state index in [0.717, 1.165) is 12.0 Å². The molecule has 1 saturated heterocycles. The fourth-order valence-electron chi connectivity index (χ4n) is 4.92. The van der Waals surface area contributed by atoms with E-state index in [4.69, 9.17) is 4.74 Å². The third-order valence-corrected chi connectivity index (χ3v) is 7.37. The summed E-state index contributed by atoms with van der Waals surface area (Å²) < 4.78 is 5.47. The Kier molecular flexibility index (Phi) is 5.40. The van der Waals surface area contributed by atoms with E-state index < -0.39 is 5.41 Å². The highest BCUT2D eigenvalue weighted by molar-refractivity contribution is 9.09. The van der Waals surface area contributed by atoms with Crippen LogP contribution in [0.2, 0.25) is 0 Å². The molecule has 1 aromatic carbocycles. The molecule has 2 aliphatic carbocycles. The summed E-state index contributed by atoms with van der Waals surface area (Å²) in [6.07, 6.45) is 5.65. The molecule has 2 fully saturated rings. The first-order chi connectivity index (χ1) is 13.8. The molecule has 1 aromatic rings. The number of amides is 2. The number of nitrogens with zero attached hydrogens (tertiary/aromatic N) is 1. The molecule has 29 heavy (non-hydrogen) atoms. The van der Waals surface area contributed by atoms with Crippen molar-refractivity contribution in [2.45, 2.75) is 31.5 Å². The monoisotopic (exact) mass is 459 g/mol. The zero-order valence-corrected chi connectivity index (χ0v) is 18.3. The summed E-state index contributed by atoms with van der Waals surface area (Å²) in [5.74, 6) is -0.537. The Hall–Kier alpha value is -1.95. The summed E-state index contributed by atoms with van der Waals surface area (Å²) in [7, 11) is 0. The first-order valence-electron chi connectivity index (χ1n) is 10.2. The number of rotatable bonds is 7. The topological polar surface area (TPSA) is 63.7 Å². The van der Waals surface area contributed by atoms with Gasteiger partial charge in [-0.3, -0.25) is 19.3 Å². The second kappa shape index (κ2) is 7.71. The van der Waals surface area contributed by atoms with E-state index in [2.05, 4.69) is 28.1 Å². The average molecular weight is 460 g/mol. The Bertz CT molecular complexity index is 820. The van der Waals surface area contributed by atoms with Gasteiger partial charge in [0.05, 0.1) is 23.8 Å². The van der Waals surface area contributed by atoms with Gasteiger partial charge in [0.15, 0.2) is 0 Å². The van der Waals surface area contributed by atoms with Gasteiger partial charge in [-0.1, -0.05) is 58.4 Å². The molecule has 3 aliphatic rings. The molecular weight excluding hydrogens is 434 g/mol. The number of allylic oxidation sites excluding steroid dienone is 2. The van der Waals surface area contributed by atoms with Crippen molar-refractivity contribution >= 4 is 33.7 Å². The van der Waals surface area contributed by atoms with Crippen LogP contribution < -0.4 is 0 Å². The third kappa shape index (κ3) is 3.67. The highest BCUT2D eigenvalue weighted by Gasteiger charge is 2.59. The van der Waals surface area contributed by atoms with Gasteiger partial charge in [-0.15, -0.1) is 0 Å². The van der Waals surface area contributed by atoms with Gasteiger partial charge in [0, 0.05) is 4.83 Å². The lowest BCUT2D eigenvalue weighted by atomic mass is 9.85. The predicted molar refractivity (Wildman–Crippen MR) is 112 cm³/mol.